The quantitative estimate of drug-likeness (QED) is 0.730. The molecule has 2 aromatic rings. The molecule has 2 aliphatic heterocycles. The predicted molar refractivity (Wildman–Crippen MR) is 93.4 cm³/mol. The molecular formula is C16H14BrFN2S. The molecule has 0 N–H and O–H groups in total. The first-order valence-electron chi connectivity index (χ1n) is 6.64. The van der Waals surface area contributed by atoms with Crippen LogP contribution in [-0.2, 0) is 0 Å². The van der Waals surface area contributed by atoms with Crippen LogP contribution in [0.1, 0.15) is 12.5 Å². The maximum atomic E-state index is 14.0. The average molecular weight is 365 g/mol. The van der Waals surface area contributed by atoms with Crippen molar-refractivity contribution in [1.82, 2.24) is 4.90 Å². The molecule has 5 heteroatoms. The molecule has 2 heterocycles. The van der Waals surface area contributed by atoms with Gasteiger partial charge < -0.3 is 4.90 Å². The van der Waals surface area contributed by atoms with Gasteiger partial charge in [-0.2, -0.15) is 0 Å². The van der Waals surface area contributed by atoms with E-state index in [1.807, 2.05) is 30.3 Å². The number of halogens is 2. The van der Waals surface area contributed by atoms with Gasteiger partial charge in [0.1, 0.15) is 5.82 Å². The Hall–Kier alpha value is -1.33. The molecule has 0 unspecified atom stereocenters. The standard InChI is InChI=1S/C16H13FN2S.BrH/c1-10-15(19-9-8-18-16(19)20-10)13-6-7-14(17)12-5-3-2-4-11(12)13;/h2-7H,8-9H2,1H3;1H. The number of fused-ring (bicyclic) bond motifs is 2. The molecule has 2 aromatic carbocycles. The minimum atomic E-state index is -0.163. The van der Waals surface area contributed by atoms with Crippen LogP contribution in [-0.4, -0.2) is 23.2 Å². The van der Waals surface area contributed by atoms with E-state index in [1.165, 1.54) is 10.6 Å². The number of nitrogens with zero attached hydrogens (tertiary/aromatic N) is 2. The van der Waals surface area contributed by atoms with Crippen LogP contribution in [0.15, 0.2) is 46.3 Å². The van der Waals surface area contributed by atoms with E-state index in [2.05, 4.69) is 16.8 Å². The van der Waals surface area contributed by atoms with E-state index in [0.717, 1.165) is 29.2 Å². The van der Waals surface area contributed by atoms with Gasteiger partial charge in [-0.3, -0.25) is 4.99 Å². The van der Waals surface area contributed by atoms with Crippen LogP contribution < -0.4 is 0 Å². The van der Waals surface area contributed by atoms with E-state index in [4.69, 9.17) is 0 Å². The van der Waals surface area contributed by atoms with Crippen molar-refractivity contribution < 1.29 is 4.39 Å². The number of amidine groups is 1. The van der Waals surface area contributed by atoms with E-state index in [-0.39, 0.29) is 22.8 Å². The number of benzene rings is 2. The van der Waals surface area contributed by atoms with E-state index in [9.17, 15) is 4.39 Å². The predicted octanol–water partition coefficient (Wildman–Crippen LogP) is 4.66. The summed E-state index contributed by atoms with van der Waals surface area (Å²) in [6, 6.07) is 11.1. The van der Waals surface area contributed by atoms with Crippen LogP contribution in [0.25, 0.3) is 16.5 Å². The van der Waals surface area contributed by atoms with Crippen molar-refractivity contribution in [2.75, 3.05) is 13.1 Å². The summed E-state index contributed by atoms with van der Waals surface area (Å²) < 4.78 is 14.0. The molecule has 0 spiro atoms. The Balaban J connectivity index is 0.00000132. The van der Waals surface area contributed by atoms with Gasteiger partial charge in [0.2, 0.25) is 0 Å². The van der Waals surface area contributed by atoms with Crippen LogP contribution in [0.5, 0.6) is 0 Å². The second-order valence-corrected chi connectivity index (χ2v) is 6.14. The molecule has 4 rings (SSSR count). The molecule has 0 fully saturated rings. The minimum Gasteiger partial charge on any atom is -0.318 e. The second kappa shape index (κ2) is 5.46. The average Bonchev–Trinajstić information content (AvgIpc) is 3.01. The van der Waals surface area contributed by atoms with E-state index < -0.39 is 0 Å². The number of thioether (sulfide) groups is 1. The summed E-state index contributed by atoms with van der Waals surface area (Å²) in [7, 11) is 0. The van der Waals surface area contributed by atoms with Gasteiger partial charge >= 0.3 is 0 Å². The van der Waals surface area contributed by atoms with Crippen molar-refractivity contribution in [2.24, 2.45) is 4.99 Å². The van der Waals surface area contributed by atoms with Crippen molar-refractivity contribution in [3.8, 4) is 0 Å². The summed E-state index contributed by atoms with van der Waals surface area (Å²) in [5.74, 6) is -0.163. The monoisotopic (exact) mass is 364 g/mol. The van der Waals surface area contributed by atoms with Crippen molar-refractivity contribution in [3.05, 3.63) is 52.7 Å². The van der Waals surface area contributed by atoms with Crippen LogP contribution in [0.3, 0.4) is 0 Å². The van der Waals surface area contributed by atoms with Gasteiger partial charge in [0, 0.05) is 22.4 Å². The third kappa shape index (κ3) is 2.19. The summed E-state index contributed by atoms with van der Waals surface area (Å²) in [4.78, 5) is 8.00. The lowest BCUT2D eigenvalue weighted by Crippen LogP contribution is -2.20. The second-order valence-electron chi connectivity index (χ2n) is 4.96. The fourth-order valence-electron chi connectivity index (χ4n) is 2.90. The largest absolute Gasteiger partial charge is 0.318 e. The van der Waals surface area contributed by atoms with Crippen molar-refractivity contribution in [1.29, 1.82) is 0 Å². The fraction of sp³-hybridized carbons (Fsp3) is 0.188. The summed E-state index contributed by atoms with van der Waals surface area (Å²) in [5.41, 5.74) is 2.28. The zero-order valence-electron chi connectivity index (χ0n) is 11.5. The SMILES string of the molecule is Br.CC1=C(c2ccc(F)c3ccccc23)N2CCN=C2S1. The molecule has 2 aliphatic rings. The Morgan fingerprint density at radius 3 is 2.71 bits per heavy atom. The Kier molecular flexibility index (Phi) is 3.80. The minimum absolute atomic E-state index is 0. The summed E-state index contributed by atoms with van der Waals surface area (Å²) >= 11 is 1.71. The molecule has 108 valence electrons. The van der Waals surface area contributed by atoms with E-state index >= 15 is 0 Å². The molecule has 0 aliphatic carbocycles. The first-order valence-corrected chi connectivity index (χ1v) is 7.46. The Morgan fingerprint density at radius 2 is 1.90 bits per heavy atom. The van der Waals surface area contributed by atoms with Crippen LogP contribution >= 0.6 is 28.7 Å². The summed E-state index contributed by atoms with van der Waals surface area (Å²) in [5, 5.41) is 2.72. The Bertz CT molecular complexity index is 785. The first-order chi connectivity index (χ1) is 9.75. The van der Waals surface area contributed by atoms with Crippen LogP contribution in [0.4, 0.5) is 4.39 Å². The number of hydrogen-bond acceptors (Lipinski definition) is 3. The summed E-state index contributed by atoms with van der Waals surface area (Å²) in [6.07, 6.45) is 0. The highest BCUT2D eigenvalue weighted by Gasteiger charge is 2.31. The third-order valence-corrected chi connectivity index (χ3v) is 4.81. The van der Waals surface area contributed by atoms with Gasteiger partial charge in [-0.1, -0.05) is 36.0 Å². The maximum absolute atomic E-state index is 14.0. The van der Waals surface area contributed by atoms with Crippen molar-refractivity contribution in [2.45, 2.75) is 6.92 Å². The van der Waals surface area contributed by atoms with Crippen molar-refractivity contribution >= 4 is 50.4 Å². The fourth-order valence-corrected chi connectivity index (χ4v) is 3.94. The van der Waals surface area contributed by atoms with Gasteiger partial charge in [0.15, 0.2) is 5.17 Å². The summed E-state index contributed by atoms with van der Waals surface area (Å²) in [6.45, 7) is 3.87. The highest BCUT2D eigenvalue weighted by molar-refractivity contribution is 8.93. The smallest absolute Gasteiger partial charge is 0.168 e. The molecule has 0 saturated heterocycles. The molecule has 0 aromatic heterocycles. The number of aliphatic imine (C=N–C) groups is 1. The topological polar surface area (TPSA) is 15.6 Å². The lowest BCUT2D eigenvalue weighted by molar-refractivity contribution is 0.637. The molecule has 0 saturated carbocycles. The van der Waals surface area contributed by atoms with E-state index in [1.54, 1.807) is 17.8 Å². The van der Waals surface area contributed by atoms with Gasteiger partial charge in [-0.25, -0.2) is 4.39 Å². The number of hydrogen-bond donors (Lipinski definition) is 0. The molecule has 2 nitrogen and oxygen atoms in total. The highest BCUT2D eigenvalue weighted by atomic mass is 79.9. The molecule has 0 radical (unpaired) electrons. The molecule has 0 bridgehead atoms. The van der Waals surface area contributed by atoms with Gasteiger partial charge in [-0.15, -0.1) is 17.0 Å². The van der Waals surface area contributed by atoms with Crippen LogP contribution in [0.2, 0.25) is 0 Å². The number of rotatable bonds is 1. The zero-order chi connectivity index (χ0) is 13.7. The zero-order valence-corrected chi connectivity index (χ0v) is 14.0. The lowest BCUT2D eigenvalue weighted by Gasteiger charge is -2.19. The highest BCUT2D eigenvalue weighted by Crippen LogP contribution is 2.43. The normalized spacial score (nSPS) is 17.0. The number of allylic oxidation sites excluding steroid dienone is 1. The van der Waals surface area contributed by atoms with Gasteiger partial charge in [-0.05, 0) is 24.4 Å². The Morgan fingerprint density at radius 1 is 1.14 bits per heavy atom. The van der Waals surface area contributed by atoms with Gasteiger partial charge in [0.25, 0.3) is 0 Å². The van der Waals surface area contributed by atoms with Gasteiger partial charge in [0.05, 0.1) is 12.2 Å². The molecule has 0 amide bonds. The van der Waals surface area contributed by atoms with Crippen molar-refractivity contribution in [3.63, 3.8) is 0 Å². The molecule has 0 atom stereocenters. The molecule has 21 heavy (non-hydrogen) atoms. The Labute approximate surface area is 137 Å². The third-order valence-electron chi connectivity index (χ3n) is 3.78. The first kappa shape index (κ1) is 14.6. The van der Waals surface area contributed by atoms with E-state index in [0.29, 0.717) is 5.39 Å². The molecular weight excluding hydrogens is 351 g/mol. The lowest BCUT2D eigenvalue weighted by atomic mass is 10.0. The maximum Gasteiger partial charge on any atom is 0.168 e. The van der Waals surface area contributed by atoms with Crippen LogP contribution in [0, 0.1) is 5.82 Å².